The third-order valence-corrected chi connectivity index (χ3v) is 3.20. The van der Waals surface area contributed by atoms with Gasteiger partial charge in [0.05, 0.1) is 6.61 Å². The molecule has 2 unspecified atom stereocenters. The summed E-state index contributed by atoms with van der Waals surface area (Å²) < 4.78 is 4.75. The number of hydrogen-bond donors (Lipinski definition) is 1. The molecular weight excluding hydrogens is 252 g/mol. The summed E-state index contributed by atoms with van der Waals surface area (Å²) in [6.45, 7) is 3.95. The molecule has 0 bridgehead atoms. The Balaban J connectivity index is 2.66. The highest BCUT2D eigenvalue weighted by Gasteiger charge is 2.40. The fourth-order valence-electron chi connectivity index (χ4n) is 2.23. The summed E-state index contributed by atoms with van der Waals surface area (Å²) in [5, 5.41) is 9.15. The maximum absolute atomic E-state index is 12.1. The van der Waals surface area contributed by atoms with E-state index in [-0.39, 0.29) is 19.1 Å². The van der Waals surface area contributed by atoms with Crippen LogP contribution in [0, 0.1) is 5.92 Å². The number of carboxylic acid groups (broad SMARTS) is 1. The van der Waals surface area contributed by atoms with Gasteiger partial charge >= 0.3 is 18.0 Å². The number of carbonyl (C=O) groups is 3. The Bertz CT molecular complexity index is 371. The number of amides is 2. The number of ether oxygens (including phenoxy) is 1. The van der Waals surface area contributed by atoms with Gasteiger partial charge in [0.25, 0.3) is 0 Å². The van der Waals surface area contributed by atoms with Crippen LogP contribution in [0.15, 0.2) is 0 Å². The maximum Gasteiger partial charge on any atom is 0.326 e. The van der Waals surface area contributed by atoms with Crippen LogP contribution in [0.5, 0.6) is 0 Å². The first-order valence-corrected chi connectivity index (χ1v) is 6.28. The van der Waals surface area contributed by atoms with Gasteiger partial charge in [-0.2, -0.15) is 0 Å². The second-order valence-corrected chi connectivity index (χ2v) is 4.69. The van der Waals surface area contributed by atoms with E-state index in [2.05, 4.69) is 0 Å². The van der Waals surface area contributed by atoms with E-state index < -0.39 is 24.0 Å². The third kappa shape index (κ3) is 3.59. The largest absolute Gasteiger partial charge is 0.480 e. The number of rotatable bonds is 4. The molecule has 1 fully saturated rings. The minimum Gasteiger partial charge on any atom is -0.480 e. The first kappa shape index (κ1) is 15.3. The van der Waals surface area contributed by atoms with Gasteiger partial charge in [-0.1, -0.05) is 6.92 Å². The monoisotopic (exact) mass is 272 g/mol. The van der Waals surface area contributed by atoms with Crippen molar-refractivity contribution < 1.29 is 24.2 Å². The lowest BCUT2D eigenvalue weighted by molar-refractivity contribution is -0.143. The molecule has 0 aromatic rings. The van der Waals surface area contributed by atoms with Crippen molar-refractivity contribution in [3.8, 4) is 0 Å². The molecular formula is C12H20N2O5. The van der Waals surface area contributed by atoms with Crippen LogP contribution in [0.25, 0.3) is 0 Å². The van der Waals surface area contributed by atoms with E-state index in [0.29, 0.717) is 13.0 Å². The van der Waals surface area contributed by atoms with Gasteiger partial charge in [0.2, 0.25) is 0 Å². The molecule has 1 rings (SSSR count). The smallest absolute Gasteiger partial charge is 0.326 e. The van der Waals surface area contributed by atoms with Crippen LogP contribution in [0.1, 0.15) is 20.3 Å². The van der Waals surface area contributed by atoms with Crippen molar-refractivity contribution >= 4 is 18.0 Å². The minimum atomic E-state index is -1.01. The topological polar surface area (TPSA) is 87.2 Å². The maximum atomic E-state index is 12.1. The molecule has 0 aromatic carbocycles. The Morgan fingerprint density at radius 3 is 2.58 bits per heavy atom. The van der Waals surface area contributed by atoms with Gasteiger partial charge in [-0.05, 0) is 19.3 Å². The Morgan fingerprint density at radius 2 is 2.05 bits per heavy atom. The van der Waals surface area contributed by atoms with Crippen LogP contribution >= 0.6 is 0 Å². The fraction of sp³-hybridized carbons (Fsp3) is 0.750. The quantitative estimate of drug-likeness (QED) is 0.748. The number of likely N-dealkylation sites (tertiary alicyclic amines) is 1. The molecule has 0 radical (unpaired) electrons. The summed E-state index contributed by atoms with van der Waals surface area (Å²) in [4.78, 5) is 37.1. The molecule has 0 aromatic heterocycles. The van der Waals surface area contributed by atoms with E-state index in [9.17, 15) is 14.4 Å². The first-order chi connectivity index (χ1) is 8.88. The third-order valence-electron chi connectivity index (χ3n) is 3.20. The van der Waals surface area contributed by atoms with Crippen LogP contribution in [-0.4, -0.2) is 65.7 Å². The Kier molecular flexibility index (Phi) is 5.14. The molecule has 0 aliphatic carbocycles. The standard InChI is InChI=1S/C12H20N2O5/c1-4-19-9(15)7-13(3)12(18)14-6-5-8(2)10(14)11(16)17/h8,10H,4-7H2,1-3H3,(H,16,17). The van der Waals surface area contributed by atoms with E-state index in [1.807, 2.05) is 0 Å². The molecule has 1 aliphatic heterocycles. The van der Waals surface area contributed by atoms with Crippen molar-refractivity contribution in [1.82, 2.24) is 9.80 Å². The van der Waals surface area contributed by atoms with Gasteiger partial charge in [0, 0.05) is 13.6 Å². The number of urea groups is 1. The van der Waals surface area contributed by atoms with Gasteiger partial charge in [0.1, 0.15) is 12.6 Å². The second kappa shape index (κ2) is 6.40. The van der Waals surface area contributed by atoms with E-state index in [1.54, 1.807) is 13.8 Å². The van der Waals surface area contributed by atoms with Gasteiger partial charge in [-0.25, -0.2) is 9.59 Å². The van der Waals surface area contributed by atoms with Gasteiger partial charge in [0.15, 0.2) is 0 Å². The number of esters is 1. The average Bonchev–Trinajstić information content (AvgIpc) is 2.70. The van der Waals surface area contributed by atoms with Crippen molar-refractivity contribution in [3.63, 3.8) is 0 Å². The predicted molar refractivity (Wildman–Crippen MR) is 66.6 cm³/mol. The van der Waals surface area contributed by atoms with E-state index in [4.69, 9.17) is 9.84 Å². The summed E-state index contributed by atoms with van der Waals surface area (Å²) in [5.41, 5.74) is 0. The molecule has 1 aliphatic rings. The van der Waals surface area contributed by atoms with Gasteiger partial charge in [-0.15, -0.1) is 0 Å². The molecule has 7 heteroatoms. The summed E-state index contributed by atoms with van der Waals surface area (Å²) in [6.07, 6.45) is 0.649. The lowest BCUT2D eigenvalue weighted by Gasteiger charge is -2.28. The fourth-order valence-corrected chi connectivity index (χ4v) is 2.23. The number of aliphatic carboxylic acids is 1. The lowest BCUT2D eigenvalue weighted by atomic mass is 10.0. The van der Waals surface area contributed by atoms with Crippen molar-refractivity contribution in [3.05, 3.63) is 0 Å². The molecule has 19 heavy (non-hydrogen) atoms. The number of carboxylic acids is 1. The lowest BCUT2D eigenvalue weighted by Crippen LogP contribution is -2.49. The Hall–Kier alpha value is -1.79. The van der Waals surface area contributed by atoms with Crippen LogP contribution in [0.3, 0.4) is 0 Å². The van der Waals surface area contributed by atoms with Crippen molar-refractivity contribution in [2.75, 3.05) is 26.7 Å². The molecule has 2 atom stereocenters. The summed E-state index contributed by atoms with van der Waals surface area (Å²) in [6, 6.07) is -1.28. The molecule has 7 nitrogen and oxygen atoms in total. The zero-order valence-corrected chi connectivity index (χ0v) is 11.5. The SMILES string of the molecule is CCOC(=O)CN(C)C(=O)N1CCC(C)C1C(=O)O. The highest BCUT2D eigenvalue weighted by atomic mass is 16.5. The average molecular weight is 272 g/mol. The van der Waals surface area contributed by atoms with Crippen LogP contribution in [-0.2, 0) is 14.3 Å². The number of likely N-dealkylation sites (N-methyl/N-ethyl adjacent to an activating group) is 1. The minimum absolute atomic E-state index is 0.0857. The van der Waals surface area contributed by atoms with Crippen LogP contribution in [0.4, 0.5) is 4.79 Å². The first-order valence-electron chi connectivity index (χ1n) is 6.28. The summed E-state index contributed by atoms with van der Waals surface area (Å²) in [7, 11) is 1.46. The molecule has 0 spiro atoms. The van der Waals surface area contributed by atoms with Crippen molar-refractivity contribution in [2.24, 2.45) is 5.92 Å². The van der Waals surface area contributed by atoms with Gasteiger partial charge < -0.3 is 19.6 Å². The van der Waals surface area contributed by atoms with Crippen molar-refractivity contribution in [1.29, 1.82) is 0 Å². The van der Waals surface area contributed by atoms with E-state index in [1.165, 1.54) is 16.8 Å². The van der Waals surface area contributed by atoms with E-state index in [0.717, 1.165) is 0 Å². The number of carbonyl (C=O) groups excluding carboxylic acids is 2. The molecule has 108 valence electrons. The number of hydrogen-bond acceptors (Lipinski definition) is 4. The van der Waals surface area contributed by atoms with Crippen molar-refractivity contribution in [2.45, 2.75) is 26.3 Å². The number of nitrogens with zero attached hydrogens (tertiary/aromatic N) is 2. The zero-order valence-electron chi connectivity index (χ0n) is 11.5. The van der Waals surface area contributed by atoms with Gasteiger partial charge in [-0.3, -0.25) is 4.79 Å². The molecule has 1 N–H and O–H groups in total. The van der Waals surface area contributed by atoms with Crippen LogP contribution in [0.2, 0.25) is 0 Å². The summed E-state index contributed by atoms with van der Waals surface area (Å²) in [5.74, 6) is -1.60. The Labute approximate surface area is 112 Å². The van der Waals surface area contributed by atoms with E-state index >= 15 is 0 Å². The molecule has 1 saturated heterocycles. The predicted octanol–water partition coefficient (Wildman–Crippen LogP) is 0.396. The second-order valence-electron chi connectivity index (χ2n) is 4.69. The Morgan fingerprint density at radius 1 is 1.42 bits per heavy atom. The zero-order chi connectivity index (χ0) is 14.6. The highest BCUT2D eigenvalue weighted by Crippen LogP contribution is 2.25. The summed E-state index contributed by atoms with van der Waals surface area (Å²) >= 11 is 0. The van der Waals surface area contributed by atoms with Crippen LogP contribution < -0.4 is 0 Å². The highest BCUT2D eigenvalue weighted by molar-refractivity contribution is 5.85. The molecule has 1 heterocycles. The molecule has 0 saturated carbocycles. The molecule has 2 amide bonds. The normalized spacial score (nSPS) is 22.2.